The average Bonchev–Trinajstić information content (AvgIpc) is 3.39. The molecule has 7 nitrogen and oxygen atoms in total. The van der Waals surface area contributed by atoms with E-state index in [4.69, 9.17) is 5.73 Å². The third kappa shape index (κ3) is 4.50. The molecule has 3 aromatic rings. The SMILES string of the molecule is Cl.NC(Cc1ccccc1)C(=O)Nc1cccc(-c2nnnn2C2CC2)c1. The Morgan fingerprint density at radius 2 is 1.96 bits per heavy atom. The maximum atomic E-state index is 12.4. The molecule has 1 amide bonds. The number of hydrogen-bond donors (Lipinski definition) is 2. The van der Waals surface area contributed by atoms with Gasteiger partial charge < -0.3 is 11.1 Å². The third-order valence-corrected chi connectivity index (χ3v) is 4.41. The van der Waals surface area contributed by atoms with E-state index in [-0.39, 0.29) is 18.3 Å². The number of aromatic nitrogens is 4. The van der Waals surface area contributed by atoms with Crippen LogP contribution < -0.4 is 11.1 Å². The molecular weight excluding hydrogens is 364 g/mol. The van der Waals surface area contributed by atoms with E-state index in [2.05, 4.69) is 20.8 Å². The van der Waals surface area contributed by atoms with Gasteiger partial charge in [0.15, 0.2) is 5.82 Å². The van der Waals surface area contributed by atoms with Gasteiger partial charge in [0.2, 0.25) is 5.91 Å². The van der Waals surface area contributed by atoms with E-state index in [1.807, 2.05) is 59.3 Å². The van der Waals surface area contributed by atoms with Crippen LogP contribution >= 0.6 is 12.4 Å². The molecule has 8 heteroatoms. The number of hydrogen-bond acceptors (Lipinski definition) is 5. The quantitative estimate of drug-likeness (QED) is 0.680. The lowest BCUT2D eigenvalue weighted by Crippen LogP contribution is -2.37. The number of halogens is 1. The molecule has 1 heterocycles. The zero-order chi connectivity index (χ0) is 17.9. The number of anilines is 1. The number of carbonyl (C=O) groups is 1. The van der Waals surface area contributed by atoms with E-state index >= 15 is 0 Å². The Morgan fingerprint density at radius 1 is 1.19 bits per heavy atom. The molecule has 1 atom stereocenters. The Bertz CT molecular complexity index is 909. The van der Waals surface area contributed by atoms with Crippen molar-refractivity contribution in [1.29, 1.82) is 0 Å². The summed E-state index contributed by atoms with van der Waals surface area (Å²) >= 11 is 0. The van der Waals surface area contributed by atoms with Crippen molar-refractivity contribution < 1.29 is 4.79 Å². The molecule has 1 saturated carbocycles. The van der Waals surface area contributed by atoms with Gasteiger partial charge >= 0.3 is 0 Å². The highest BCUT2D eigenvalue weighted by atomic mass is 35.5. The molecule has 1 aliphatic carbocycles. The summed E-state index contributed by atoms with van der Waals surface area (Å²) in [5.74, 6) is 0.505. The van der Waals surface area contributed by atoms with E-state index in [0.717, 1.165) is 29.8 Å². The van der Waals surface area contributed by atoms with Crippen molar-refractivity contribution in [3.63, 3.8) is 0 Å². The van der Waals surface area contributed by atoms with E-state index in [1.54, 1.807) is 0 Å². The summed E-state index contributed by atoms with van der Waals surface area (Å²) in [5, 5.41) is 14.9. The maximum Gasteiger partial charge on any atom is 0.241 e. The summed E-state index contributed by atoms with van der Waals surface area (Å²) in [7, 11) is 0. The fourth-order valence-corrected chi connectivity index (χ4v) is 2.88. The predicted octanol–water partition coefficient (Wildman–Crippen LogP) is 2.61. The van der Waals surface area contributed by atoms with E-state index in [1.165, 1.54) is 0 Å². The van der Waals surface area contributed by atoms with Crippen LogP contribution in [-0.2, 0) is 11.2 Å². The minimum atomic E-state index is -0.613. The highest BCUT2D eigenvalue weighted by molar-refractivity contribution is 5.95. The van der Waals surface area contributed by atoms with Gasteiger partial charge in [-0.15, -0.1) is 17.5 Å². The zero-order valence-electron chi connectivity index (χ0n) is 14.7. The lowest BCUT2D eigenvalue weighted by molar-refractivity contribution is -0.117. The first-order chi connectivity index (χ1) is 12.7. The lowest BCUT2D eigenvalue weighted by Gasteiger charge is -2.13. The molecule has 1 aromatic heterocycles. The number of carbonyl (C=O) groups excluding carboxylic acids is 1. The fraction of sp³-hybridized carbons (Fsp3) is 0.263. The molecule has 1 aliphatic rings. The third-order valence-electron chi connectivity index (χ3n) is 4.41. The second kappa shape index (κ2) is 8.28. The molecule has 4 rings (SSSR count). The summed E-state index contributed by atoms with van der Waals surface area (Å²) in [6.07, 6.45) is 2.69. The van der Waals surface area contributed by atoms with E-state index in [9.17, 15) is 4.79 Å². The molecule has 27 heavy (non-hydrogen) atoms. The first kappa shape index (κ1) is 19.0. The minimum absolute atomic E-state index is 0. The summed E-state index contributed by atoms with van der Waals surface area (Å²) in [4.78, 5) is 12.4. The van der Waals surface area contributed by atoms with Crippen LogP contribution in [0.3, 0.4) is 0 Å². The number of nitrogens with two attached hydrogens (primary N) is 1. The van der Waals surface area contributed by atoms with Crippen LogP contribution in [0.4, 0.5) is 5.69 Å². The number of nitrogens with one attached hydrogen (secondary N) is 1. The van der Waals surface area contributed by atoms with Crippen molar-refractivity contribution in [1.82, 2.24) is 20.2 Å². The largest absolute Gasteiger partial charge is 0.325 e. The topological polar surface area (TPSA) is 98.7 Å². The van der Waals surface area contributed by atoms with Crippen molar-refractivity contribution in [3.8, 4) is 11.4 Å². The summed E-state index contributed by atoms with van der Waals surface area (Å²) in [5.41, 5.74) is 8.64. The Balaban J connectivity index is 0.00000210. The number of nitrogens with zero attached hydrogens (tertiary/aromatic N) is 4. The van der Waals surface area contributed by atoms with Crippen LogP contribution in [0.25, 0.3) is 11.4 Å². The van der Waals surface area contributed by atoms with Crippen molar-refractivity contribution in [2.45, 2.75) is 31.3 Å². The molecule has 140 valence electrons. The van der Waals surface area contributed by atoms with Gasteiger partial charge in [-0.2, -0.15) is 0 Å². The van der Waals surface area contributed by atoms with Crippen molar-refractivity contribution in [2.24, 2.45) is 5.73 Å². The first-order valence-corrected chi connectivity index (χ1v) is 8.69. The van der Waals surface area contributed by atoms with E-state index < -0.39 is 6.04 Å². The van der Waals surface area contributed by atoms with Crippen molar-refractivity contribution >= 4 is 24.0 Å². The zero-order valence-corrected chi connectivity index (χ0v) is 15.5. The number of rotatable bonds is 6. The normalized spacial score (nSPS) is 14.3. The highest BCUT2D eigenvalue weighted by Gasteiger charge is 2.28. The van der Waals surface area contributed by atoms with Crippen molar-refractivity contribution in [3.05, 3.63) is 60.2 Å². The molecule has 1 unspecified atom stereocenters. The highest BCUT2D eigenvalue weighted by Crippen LogP contribution is 2.36. The summed E-state index contributed by atoms with van der Waals surface area (Å²) in [6, 6.07) is 17.0. The molecule has 1 fully saturated rings. The van der Waals surface area contributed by atoms with Gasteiger partial charge in [0.05, 0.1) is 12.1 Å². The van der Waals surface area contributed by atoms with Crippen LogP contribution in [0.5, 0.6) is 0 Å². The summed E-state index contributed by atoms with van der Waals surface area (Å²) < 4.78 is 1.85. The Kier molecular flexibility index (Phi) is 5.83. The van der Waals surface area contributed by atoms with Gasteiger partial charge in [0, 0.05) is 11.3 Å². The Morgan fingerprint density at radius 3 is 2.70 bits per heavy atom. The van der Waals surface area contributed by atoms with Gasteiger partial charge in [-0.3, -0.25) is 4.79 Å². The van der Waals surface area contributed by atoms with Crippen LogP contribution in [0, 0.1) is 0 Å². The Labute approximate surface area is 163 Å². The van der Waals surface area contributed by atoms with Gasteiger partial charge in [0.25, 0.3) is 0 Å². The molecule has 0 spiro atoms. The summed E-state index contributed by atoms with van der Waals surface area (Å²) in [6.45, 7) is 0. The average molecular weight is 385 g/mol. The predicted molar refractivity (Wildman–Crippen MR) is 106 cm³/mol. The molecule has 0 radical (unpaired) electrons. The molecule has 3 N–H and O–H groups in total. The monoisotopic (exact) mass is 384 g/mol. The first-order valence-electron chi connectivity index (χ1n) is 8.69. The van der Waals surface area contributed by atoms with Crippen molar-refractivity contribution in [2.75, 3.05) is 5.32 Å². The van der Waals surface area contributed by atoms with Crippen LogP contribution in [-0.4, -0.2) is 32.2 Å². The second-order valence-corrected chi connectivity index (χ2v) is 6.54. The maximum absolute atomic E-state index is 12.4. The molecule has 2 aromatic carbocycles. The van der Waals surface area contributed by atoms with Gasteiger partial charge in [-0.05, 0) is 47.4 Å². The number of amides is 1. The molecule has 0 aliphatic heterocycles. The molecular formula is C19H21ClN6O. The lowest BCUT2D eigenvalue weighted by atomic mass is 10.1. The second-order valence-electron chi connectivity index (χ2n) is 6.54. The number of tetrazole rings is 1. The van der Waals surface area contributed by atoms with Crippen LogP contribution in [0.15, 0.2) is 54.6 Å². The minimum Gasteiger partial charge on any atom is -0.325 e. The molecule has 0 saturated heterocycles. The van der Waals surface area contributed by atoms with E-state index in [0.29, 0.717) is 18.2 Å². The number of benzene rings is 2. The van der Waals surface area contributed by atoms with Gasteiger partial charge in [-0.1, -0.05) is 42.5 Å². The standard InChI is InChI=1S/C19H20N6O.ClH/c20-17(11-13-5-2-1-3-6-13)19(26)21-15-8-4-7-14(12-15)18-22-23-24-25(18)16-9-10-16;/h1-8,12,16-17H,9-11,20H2,(H,21,26);1H. The fourth-order valence-electron chi connectivity index (χ4n) is 2.88. The molecule has 0 bridgehead atoms. The van der Waals surface area contributed by atoms with Gasteiger partial charge in [0.1, 0.15) is 0 Å². The smallest absolute Gasteiger partial charge is 0.241 e. The van der Waals surface area contributed by atoms with Crippen LogP contribution in [0.1, 0.15) is 24.4 Å². The van der Waals surface area contributed by atoms with Gasteiger partial charge in [-0.25, -0.2) is 4.68 Å². The Hall–Kier alpha value is -2.77. The van der Waals surface area contributed by atoms with Crippen LogP contribution in [0.2, 0.25) is 0 Å².